The van der Waals surface area contributed by atoms with Crippen LogP contribution in [-0.4, -0.2) is 55.0 Å². The normalized spacial score (nSPS) is 22.8. The van der Waals surface area contributed by atoms with Crippen molar-refractivity contribution in [2.24, 2.45) is 5.41 Å². The average Bonchev–Trinajstić information content (AvgIpc) is 3.09. The molecule has 1 aromatic carbocycles. The van der Waals surface area contributed by atoms with Crippen molar-refractivity contribution < 1.29 is 14.3 Å². The number of benzene rings is 1. The van der Waals surface area contributed by atoms with Crippen molar-refractivity contribution in [3.05, 3.63) is 29.8 Å². The van der Waals surface area contributed by atoms with E-state index >= 15 is 0 Å². The molecule has 0 radical (unpaired) electrons. The van der Waals surface area contributed by atoms with Gasteiger partial charge in [-0.05, 0) is 43.4 Å². The van der Waals surface area contributed by atoms with Crippen LogP contribution in [-0.2, 0) is 11.3 Å². The van der Waals surface area contributed by atoms with Crippen LogP contribution < -0.4 is 10.1 Å². The molecule has 2 aliphatic rings. The lowest BCUT2D eigenvalue weighted by Crippen LogP contribution is -2.50. The summed E-state index contributed by atoms with van der Waals surface area (Å²) in [6.45, 7) is 5.29. The minimum Gasteiger partial charge on any atom is -0.497 e. The number of methoxy groups -OCH3 is 1. The monoisotopic (exact) mass is 359 g/mol. The first-order chi connectivity index (χ1) is 12.6. The molecule has 0 bridgehead atoms. The second-order valence-electron chi connectivity index (χ2n) is 7.37. The van der Waals surface area contributed by atoms with Gasteiger partial charge < -0.3 is 19.9 Å². The lowest BCUT2D eigenvalue weighted by Gasteiger charge is -2.39. The maximum absolute atomic E-state index is 13.2. The van der Waals surface area contributed by atoms with Crippen LogP contribution >= 0.6 is 0 Å². The number of amides is 3. The van der Waals surface area contributed by atoms with E-state index in [0.717, 1.165) is 43.5 Å². The summed E-state index contributed by atoms with van der Waals surface area (Å²) in [5.74, 6) is 0.999. The number of urea groups is 1. The van der Waals surface area contributed by atoms with Crippen LogP contribution in [0.3, 0.4) is 0 Å². The maximum atomic E-state index is 13.2. The molecule has 142 valence electrons. The molecule has 3 amide bonds. The molecule has 1 atom stereocenters. The van der Waals surface area contributed by atoms with Crippen molar-refractivity contribution >= 4 is 11.9 Å². The molecule has 1 unspecified atom stereocenters. The average molecular weight is 359 g/mol. The SMILES string of the molecule is CCCNC(=O)N1CCC2(CCCN(Cc3cccc(OC)c3)C2=O)C1. The third-order valence-corrected chi connectivity index (χ3v) is 5.50. The van der Waals surface area contributed by atoms with Crippen molar-refractivity contribution in [2.45, 2.75) is 39.2 Å². The number of carbonyl (C=O) groups excluding carboxylic acids is 2. The highest BCUT2D eigenvalue weighted by atomic mass is 16.5. The Labute approximate surface area is 155 Å². The highest BCUT2D eigenvalue weighted by Gasteiger charge is 2.49. The lowest BCUT2D eigenvalue weighted by atomic mass is 9.78. The van der Waals surface area contributed by atoms with Gasteiger partial charge in [0.05, 0.1) is 12.5 Å². The third kappa shape index (κ3) is 3.79. The molecule has 6 heteroatoms. The van der Waals surface area contributed by atoms with E-state index in [1.54, 1.807) is 7.11 Å². The van der Waals surface area contributed by atoms with E-state index < -0.39 is 5.41 Å². The quantitative estimate of drug-likeness (QED) is 0.879. The summed E-state index contributed by atoms with van der Waals surface area (Å²) in [4.78, 5) is 29.2. The smallest absolute Gasteiger partial charge is 0.317 e. The van der Waals surface area contributed by atoms with Crippen LogP contribution in [0.1, 0.15) is 38.2 Å². The molecule has 26 heavy (non-hydrogen) atoms. The molecule has 1 N–H and O–H groups in total. The van der Waals surface area contributed by atoms with Crippen LogP contribution in [0.4, 0.5) is 4.79 Å². The predicted molar refractivity (Wildman–Crippen MR) is 100.0 cm³/mol. The van der Waals surface area contributed by atoms with Gasteiger partial charge in [-0.25, -0.2) is 4.79 Å². The van der Waals surface area contributed by atoms with E-state index in [4.69, 9.17) is 4.74 Å². The molecular formula is C20H29N3O3. The number of rotatable bonds is 5. The number of hydrogen-bond donors (Lipinski definition) is 1. The molecule has 6 nitrogen and oxygen atoms in total. The van der Waals surface area contributed by atoms with Crippen LogP contribution in [0, 0.1) is 5.41 Å². The van der Waals surface area contributed by atoms with E-state index in [-0.39, 0.29) is 11.9 Å². The van der Waals surface area contributed by atoms with E-state index in [0.29, 0.717) is 26.2 Å². The Hall–Kier alpha value is -2.24. The van der Waals surface area contributed by atoms with Crippen LogP contribution in [0.25, 0.3) is 0 Å². The first-order valence-corrected chi connectivity index (χ1v) is 9.53. The van der Waals surface area contributed by atoms with Crippen LogP contribution in [0.2, 0.25) is 0 Å². The van der Waals surface area contributed by atoms with E-state index in [1.165, 1.54) is 0 Å². The first kappa shape index (κ1) is 18.5. The van der Waals surface area contributed by atoms with Crippen LogP contribution in [0.15, 0.2) is 24.3 Å². The molecule has 2 aliphatic heterocycles. The number of ether oxygens (including phenoxy) is 1. The number of carbonyl (C=O) groups is 2. The highest BCUT2D eigenvalue weighted by molar-refractivity contribution is 5.85. The zero-order valence-electron chi connectivity index (χ0n) is 15.8. The highest BCUT2D eigenvalue weighted by Crippen LogP contribution is 2.40. The van der Waals surface area contributed by atoms with Gasteiger partial charge in [0.1, 0.15) is 5.75 Å². The zero-order chi connectivity index (χ0) is 18.6. The Kier molecular flexibility index (Phi) is 5.69. The largest absolute Gasteiger partial charge is 0.497 e. The van der Waals surface area contributed by atoms with Gasteiger partial charge >= 0.3 is 6.03 Å². The summed E-state index contributed by atoms with van der Waals surface area (Å²) in [6.07, 6.45) is 3.54. The minimum absolute atomic E-state index is 0.0403. The predicted octanol–water partition coefficient (Wildman–Crippen LogP) is 2.63. The number of nitrogens with zero attached hydrogens (tertiary/aromatic N) is 2. The number of piperidine rings is 1. The Morgan fingerprint density at radius 3 is 2.92 bits per heavy atom. The fraction of sp³-hybridized carbons (Fsp3) is 0.600. The number of hydrogen-bond acceptors (Lipinski definition) is 3. The molecule has 2 saturated heterocycles. The molecule has 1 aromatic rings. The molecule has 0 aliphatic carbocycles. The fourth-order valence-corrected chi connectivity index (χ4v) is 4.06. The fourth-order valence-electron chi connectivity index (χ4n) is 4.06. The van der Waals surface area contributed by atoms with E-state index in [9.17, 15) is 9.59 Å². The lowest BCUT2D eigenvalue weighted by molar-refractivity contribution is -0.146. The first-order valence-electron chi connectivity index (χ1n) is 9.53. The van der Waals surface area contributed by atoms with Gasteiger partial charge in [0.2, 0.25) is 5.91 Å². The standard InChI is InChI=1S/C20H29N3O3/c1-3-10-21-19(25)23-12-9-20(15-23)8-5-11-22(18(20)24)14-16-6-4-7-17(13-16)26-2/h4,6-7,13H,3,5,8-12,14-15H2,1-2H3,(H,21,25). The summed E-state index contributed by atoms with van der Waals surface area (Å²) in [5.41, 5.74) is 0.672. The van der Waals surface area contributed by atoms with Crippen molar-refractivity contribution in [3.63, 3.8) is 0 Å². The molecular weight excluding hydrogens is 330 g/mol. The molecule has 1 spiro atoms. The minimum atomic E-state index is -0.402. The molecule has 0 aromatic heterocycles. The molecule has 2 fully saturated rings. The third-order valence-electron chi connectivity index (χ3n) is 5.50. The Morgan fingerprint density at radius 2 is 2.15 bits per heavy atom. The second-order valence-corrected chi connectivity index (χ2v) is 7.37. The Bertz CT molecular complexity index is 663. The van der Waals surface area contributed by atoms with Crippen molar-refractivity contribution in [3.8, 4) is 5.75 Å². The van der Waals surface area contributed by atoms with Crippen molar-refractivity contribution in [2.75, 3.05) is 33.3 Å². The topological polar surface area (TPSA) is 61.9 Å². The van der Waals surface area contributed by atoms with Crippen molar-refractivity contribution in [1.29, 1.82) is 0 Å². The Morgan fingerprint density at radius 1 is 1.31 bits per heavy atom. The van der Waals surface area contributed by atoms with Crippen LogP contribution in [0.5, 0.6) is 5.75 Å². The van der Waals surface area contributed by atoms with Gasteiger partial charge in [-0.2, -0.15) is 0 Å². The molecule has 0 saturated carbocycles. The van der Waals surface area contributed by atoms with Gasteiger partial charge in [-0.1, -0.05) is 19.1 Å². The zero-order valence-corrected chi connectivity index (χ0v) is 15.8. The molecule has 2 heterocycles. The summed E-state index contributed by atoms with van der Waals surface area (Å²) in [6, 6.07) is 7.83. The van der Waals surface area contributed by atoms with Gasteiger partial charge in [0.25, 0.3) is 0 Å². The number of likely N-dealkylation sites (tertiary alicyclic amines) is 2. The molecule has 3 rings (SSSR count). The summed E-state index contributed by atoms with van der Waals surface area (Å²) in [5, 5.41) is 2.92. The van der Waals surface area contributed by atoms with Gasteiger partial charge in [0, 0.05) is 32.7 Å². The van der Waals surface area contributed by atoms with Gasteiger partial charge in [0.15, 0.2) is 0 Å². The van der Waals surface area contributed by atoms with E-state index in [1.807, 2.05) is 41.0 Å². The maximum Gasteiger partial charge on any atom is 0.317 e. The van der Waals surface area contributed by atoms with Gasteiger partial charge in [-0.15, -0.1) is 0 Å². The van der Waals surface area contributed by atoms with Gasteiger partial charge in [-0.3, -0.25) is 4.79 Å². The number of nitrogens with one attached hydrogen (secondary N) is 1. The summed E-state index contributed by atoms with van der Waals surface area (Å²) >= 11 is 0. The second kappa shape index (κ2) is 7.98. The van der Waals surface area contributed by atoms with E-state index in [2.05, 4.69) is 5.32 Å². The summed E-state index contributed by atoms with van der Waals surface area (Å²) in [7, 11) is 1.65. The summed E-state index contributed by atoms with van der Waals surface area (Å²) < 4.78 is 5.28. The Balaban J connectivity index is 1.67. The van der Waals surface area contributed by atoms with Crippen molar-refractivity contribution in [1.82, 2.24) is 15.1 Å².